The van der Waals surface area contributed by atoms with E-state index in [0.29, 0.717) is 27.2 Å². The molecule has 2 aromatic heterocycles. The molecule has 0 spiro atoms. The Labute approximate surface area is 174 Å². The first kappa shape index (κ1) is 18.1. The molecule has 5 aromatic rings. The van der Waals surface area contributed by atoms with Crippen LogP contribution < -0.4 is 10.9 Å². The van der Waals surface area contributed by atoms with Crippen molar-refractivity contribution in [1.82, 2.24) is 4.98 Å². The number of rotatable bonds is 3. The Balaban J connectivity index is 1.49. The number of carbonyl (C=O) groups is 1. The van der Waals surface area contributed by atoms with Crippen LogP contribution in [-0.2, 0) is 0 Å². The lowest BCUT2D eigenvalue weighted by molar-refractivity contribution is 0.102. The number of hydrogen-bond acceptors (Lipinski definition) is 6. The van der Waals surface area contributed by atoms with Crippen LogP contribution >= 0.6 is 11.3 Å². The summed E-state index contributed by atoms with van der Waals surface area (Å²) in [5.74, 6) is -0.535. The maximum Gasteiger partial charge on any atom is 0.349 e. The first-order valence-electron chi connectivity index (χ1n) is 9.12. The van der Waals surface area contributed by atoms with E-state index >= 15 is 0 Å². The lowest BCUT2D eigenvalue weighted by Gasteiger charge is -2.08. The molecule has 0 aliphatic rings. The molecule has 0 aliphatic heterocycles. The summed E-state index contributed by atoms with van der Waals surface area (Å²) in [6.45, 7) is 0. The first-order valence-corrected chi connectivity index (χ1v) is 9.93. The van der Waals surface area contributed by atoms with E-state index in [1.54, 1.807) is 36.4 Å². The SMILES string of the molecule is O=C(Nc1ccc(O)c(-c2nc3ccccc3s2)c1)c1cc2ccccc2oc1=O. The highest BCUT2D eigenvalue weighted by Gasteiger charge is 2.16. The maximum atomic E-state index is 12.7. The van der Waals surface area contributed by atoms with E-state index in [4.69, 9.17) is 4.42 Å². The van der Waals surface area contributed by atoms with Gasteiger partial charge in [0.1, 0.15) is 21.9 Å². The van der Waals surface area contributed by atoms with Crippen LogP contribution in [0.15, 0.2) is 82.0 Å². The number of amides is 1. The van der Waals surface area contributed by atoms with Crippen LogP contribution in [0.5, 0.6) is 5.75 Å². The predicted molar refractivity (Wildman–Crippen MR) is 117 cm³/mol. The van der Waals surface area contributed by atoms with E-state index in [9.17, 15) is 14.7 Å². The van der Waals surface area contributed by atoms with Gasteiger partial charge in [-0.2, -0.15) is 0 Å². The molecular formula is C23H14N2O4S. The number of anilines is 1. The van der Waals surface area contributed by atoms with Gasteiger partial charge in [0.15, 0.2) is 0 Å². The molecule has 0 atom stereocenters. The summed E-state index contributed by atoms with van der Waals surface area (Å²) >= 11 is 1.44. The van der Waals surface area contributed by atoms with Gasteiger partial charge >= 0.3 is 5.63 Å². The number of carbonyl (C=O) groups excluding carboxylic acids is 1. The summed E-state index contributed by atoms with van der Waals surface area (Å²) in [5, 5.41) is 14.3. The number of aromatic nitrogens is 1. The van der Waals surface area contributed by atoms with Gasteiger partial charge in [0.2, 0.25) is 0 Å². The average Bonchev–Trinajstić information content (AvgIpc) is 3.18. The molecule has 0 radical (unpaired) electrons. The third-order valence-corrected chi connectivity index (χ3v) is 5.73. The number of phenols is 1. The zero-order valence-electron chi connectivity index (χ0n) is 15.5. The molecular weight excluding hydrogens is 400 g/mol. The third kappa shape index (κ3) is 3.21. The van der Waals surface area contributed by atoms with Crippen LogP contribution in [0.25, 0.3) is 31.8 Å². The second-order valence-electron chi connectivity index (χ2n) is 6.66. The van der Waals surface area contributed by atoms with Crippen LogP contribution in [-0.4, -0.2) is 16.0 Å². The number of phenolic OH excluding ortho intramolecular Hbond substituents is 1. The zero-order valence-corrected chi connectivity index (χ0v) is 16.3. The highest BCUT2D eigenvalue weighted by molar-refractivity contribution is 7.21. The summed E-state index contributed by atoms with van der Waals surface area (Å²) in [6, 6.07) is 20.9. The second kappa shape index (κ2) is 7.13. The molecule has 0 bridgehead atoms. The highest BCUT2D eigenvalue weighted by atomic mass is 32.1. The number of nitrogens with zero attached hydrogens (tertiary/aromatic N) is 1. The van der Waals surface area contributed by atoms with Crippen molar-refractivity contribution in [3.05, 3.63) is 88.8 Å². The van der Waals surface area contributed by atoms with E-state index in [1.807, 2.05) is 24.3 Å². The second-order valence-corrected chi connectivity index (χ2v) is 7.69. The Morgan fingerprint density at radius 1 is 1.00 bits per heavy atom. The van der Waals surface area contributed by atoms with E-state index in [0.717, 1.165) is 10.2 Å². The Bertz CT molecular complexity index is 1450. The van der Waals surface area contributed by atoms with Gasteiger partial charge in [0, 0.05) is 11.1 Å². The molecule has 2 heterocycles. The van der Waals surface area contributed by atoms with E-state index < -0.39 is 11.5 Å². The Kier molecular flexibility index (Phi) is 4.30. The molecule has 5 rings (SSSR count). The van der Waals surface area contributed by atoms with Crippen molar-refractivity contribution in [2.24, 2.45) is 0 Å². The summed E-state index contributed by atoms with van der Waals surface area (Å²) in [6.07, 6.45) is 0. The molecule has 7 heteroatoms. The number of fused-ring (bicyclic) bond motifs is 2. The van der Waals surface area contributed by atoms with Crippen molar-refractivity contribution in [1.29, 1.82) is 0 Å². The fourth-order valence-corrected chi connectivity index (χ4v) is 4.18. The normalized spacial score (nSPS) is 11.1. The fraction of sp³-hybridized carbons (Fsp3) is 0. The highest BCUT2D eigenvalue weighted by Crippen LogP contribution is 2.36. The molecule has 146 valence electrons. The molecule has 3 aromatic carbocycles. The average molecular weight is 414 g/mol. The minimum atomic E-state index is -0.712. The first-order chi connectivity index (χ1) is 14.6. The summed E-state index contributed by atoms with van der Waals surface area (Å²) < 4.78 is 6.23. The molecule has 2 N–H and O–H groups in total. The number of hydrogen-bond donors (Lipinski definition) is 2. The van der Waals surface area contributed by atoms with Crippen molar-refractivity contribution in [3.63, 3.8) is 0 Å². The van der Waals surface area contributed by atoms with Gasteiger partial charge in [-0.25, -0.2) is 9.78 Å². The lowest BCUT2D eigenvalue weighted by Crippen LogP contribution is -2.20. The van der Waals surface area contributed by atoms with Crippen LogP contribution in [0.2, 0.25) is 0 Å². The largest absolute Gasteiger partial charge is 0.507 e. The molecule has 0 saturated heterocycles. The fourth-order valence-electron chi connectivity index (χ4n) is 3.19. The molecule has 6 nitrogen and oxygen atoms in total. The van der Waals surface area contributed by atoms with Gasteiger partial charge in [-0.1, -0.05) is 30.3 Å². The van der Waals surface area contributed by atoms with Crippen molar-refractivity contribution < 1.29 is 14.3 Å². The van der Waals surface area contributed by atoms with Crippen molar-refractivity contribution >= 4 is 44.1 Å². The lowest BCUT2D eigenvalue weighted by atomic mass is 10.1. The van der Waals surface area contributed by atoms with Crippen LogP contribution in [0, 0.1) is 0 Å². The Morgan fingerprint density at radius 2 is 1.80 bits per heavy atom. The van der Waals surface area contributed by atoms with Gasteiger partial charge in [-0.15, -0.1) is 11.3 Å². The van der Waals surface area contributed by atoms with Gasteiger partial charge < -0.3 is 14.8 Å². The smallest absolute Gasteiger partial charge is 0.349 e. The van der Waals surface area contributed by atoms with Crippen LogP contribution in [0.3, 0.4) is 0 Å². The zero-order chi connectivity index (χ0) is 20.7. The number of para-hydroxylation sites is 2. The quantitative estimate of drug-likeness (QED) is 0.319. The number of benzene rings is 3. The van der Waals surface area contributed by atoms with Gasteiger partial charge in [-0.3, -0.25) is 4.79 Å². The van der Waals surface area contributed by atoms with Crippen molar-refractivity contribution in [3.8, 4) is 16.3 Å². The molecule has 30 heavy (non-hydrogen) atoms. The van der Waals surface area contributed by atoms with Gasteiger partial charge in [0.05, 0.1) is 15.8 Å². The number of aromatic hydroxyl groups is 1. The molecule has 0 fully saturated rings. The molecule has 0 aliphatic carbocycles. The minimum absolute atomic E-state index is 0.0530. The van der Waals surface area contributed by atoms with E-state index in [-0.39, 0.29) is 11.3 Å². The summed E-state index contributed by atoms with van der Waals surface area (Å²) in [5.41, 5.74) is 1.38. The maximum absolute atomic E-state index is 12.7. The van der Waals surface area contributed by atoms with Crippen LogP contribution in [0.4, 0.5) is 5.69 Å². The van der Waals surface area contributed by atoms with Crippen LogP contribution in [0.1, 0.15) is 10.4 Å². The van der Waals surface area contributed by atoms with Crippen molar-refractivity contribution in [2.45, 2.75) is 0 Å². The standard InChI is InChI=1S/C23H14N2O4S/c26-18-10-9-14(12-15(18)22-25-17-6-2-4-8-20(17)30-22)24-21(27)16-11-13-5-1-3-7-19(13)29-23(16)28/h1-12,26H,(H,24,27). The molecule has 0 saturated carbocycles. The van der Waals surface area contributed by atoms with Gasteiger partial charge in [0.25, 0.3) is 5.91 Å². The number of thiazole rings is 1. The van der Waals surface area contributed by atoms with Gasteiger partial charge in [-0.05, 0) is 42.5 Å². The third-order valence-electron chi connectivity index (χ3n) is 4.66. The molecule has 0 unspecified atom stereocenters. The van der Waals surface area contributed by atoms with Crippen molar-refractivity contribution in [2.75, 3.05) is 5.32 Å². The molecule has 1 amide bonds. The van der Waals surface area contributed by atoms with E-state index in [2.05, 4.69) is 10.3 Å². The summed E-state index contributed by atoms with van der Waals surface area (Å²) in [4.78, 5) is 29.5. The Hall–Kier alpha value is -3.97. The predicted octanol–water partition coefficient (Wildman–Crippen LogP) is 5.03. The summed E-state index contributed by atoms with van der Waals surface area (Å²) in [7, 11) is 0. The topological polar surface area (TPSA) is 92.4 Å². The minimum Gasteiger partial charge on any atom is -0.507 e. The Morgan fingerprint density at radius 3 is 2.67 bits per heavy atom. The monoisotopic (exact) mass is 414 g/mol. The number of nitrogens with one attached hydrogen (secondary N) is 1. The van der Waals surface area contributed by atoms with E-state index in [1.165, 1.54) is 23.5 Å².